The van der Waals surface area contributed by atoms with Gasteiger partial charge < -0.3 is 10.6 Å². The zero-order valence-electron chi connectivity index (χ0n) is 14.8. The van der Waals surface area contributed by atoms with Crippen LogP contribution in [-0.4, -0.2) is 29.1 Å². The number of carbonyl (C=O) groups is 3. The molecule has 6 nitrogen and oxygen atoms in total. The van der Waals surface area contributed by atoms with E-state index in [4.69, 9.17) is 0 Å². The number of fused-ring (bicyclic) bond motifs is 1. The van der Waals surface area contributed by atoms with Crippen LogP contribution in [0.25, 0.3) is 0 Å². The lowest BCUT2D eigenvalue weighted by Gasteiger charge is -2.23. The molecule has 25 heavy (non-hydrogen) atoms. The summed E-state index contributed by atoms with van der Waals surface area (Å²) in [6.45, 7) is 4.85. The van der Waals surface area contributed by atoms with E-state index in [9.17, 15) is 14.4 Å². The van der Waals surface area contributed by atoms with Gasteiger partial charge in [-0.2, -0.15) is 0 Å². The smallest absolute Gasteiger partial charge is 0.229 e. The van der Waals surface area contributed by atoms with Crippen molar-refractivity contribution in [1.29, 1.82) is 0 Å². The summed E-state index contributed by atoms with van der Waals surface area (Å²) in [4.78, 5) is 41.7. The minimum atomic E-state index is -0.357. The van der Waals surface area contributed by atoms with Gasteiger partial charge in [0.05, 0.1) is 16.5 Å². The summed E-state index contributed by atoms with van der Waals surface area (Å²) in [6.07, 6.45) is 4.55. The van der Waals surface area contributed by atoms with Crippen LogP contribution < -0.4 is 10.6 Å². The molecule has 1 saturated carbocycles. The Kier molecular flexibility index (Phi) is 5.51. The van der Waals surface area contributed by atoms with Crippen molar-refractivity contribution in [3.63, 3.8) is 0 Å². The molecular weight excluding hydrogens is 338 g/mol. The Morgan fingerprint density at radius 3 is 2.60 bits per heavy atom. The van der Waals surface area contributed by atoms with Crippen molar-refractivity contribution in [3.05, 3.63) is 10.6 Å². The first-order valence-electron chi connectivity index (χ1n) is 9.05. The first-order chi connectivity index (χ1) is 11.9. The quantitative estimate of drug-likeness (QED) is 0.813. The first kappa shape index (κ1) is 18.0. The fraction of sp³-hybridized carbons (Fsp3) is 0.667. The second kappa shape index (κ2) is 7.64. The van der Waals surface area contributed by atoms with E-state index in [2.05, 4.69) is 29.5 Å². The van der Waals surface area contributed by atoms with Gasteiger partial charge in [0.2, 0.25) is 11.8 Å². The molecule has 1 heterocycles. The molecule has 7 heteroatoms. The second-order valence-corrected chi connectivity index (χ2v) is 8.41. The highest BCUT2D eigenvalue weighted by Gasteiger charge is 2.33. The molecule has 1 unspecified atom stereocenters. The summed E-state index contributed by atoms with van der Waals surface area (Å²) in [6, 6.07) is 0. The van der Waals surface area contributed by atoms with E-state index in [0.717, 1.165) is 25.7 Å². The Hall–Kier alpha value is -1.76. The number of amides is 2. The third-order valence-electron chi connectivity index (χ3n) is 4.92. The van der Waals surface area contributed by atoms with Crippen molar-refractivity contribution in [2.45, 2.75) is 52.4 Å². The number of ketones is 1. The molecule has 0 spiro atoms. The van der Waals surface area contributed by atoms with Gasteiger partial charge in [-0.25, -0.2) is 4.98 Å². The molecule has 2 N–H and O–H groups in total. The highest BCUT2D eigenvalue weighted by atomic mass is 32.1. The number of hydrogen-bond acceptors (Lipinski definition) is 5. The van der Waals surface area contributed by atoms with Crippen molar-refractivity contribution >= 4 is 34.1 Å². The fourth-order valence-electron chi connectivity index (χ4n) is 3.08. The number of thiazole rings is 1. The lowest BCUT2D eigenvalue weighted by atomic mass is 9.85. The maximum atomic E-state index is 12.4. The topological polar surface area (TPSA) is 88.2 Å². The van der Waals surface area contributed by atoms with Crippen molar-refractivity contribution in [3.8, 4) is 0 Å². The summed E-state index contributed by atoms with van der Waals surface area (Å²) in [7, 11) is 0. The number of nitrogens with one attached hydrogen (secondary N) is 2. The molecule has 136 valence electrons. The lowest BCUT2D eigenvalue weighted by molar-refractivity contribution is -0.125. The molecular formula is C18H25N3O3S. The summed E-state index contributed by atoms with van der Waals surface area (Å²) in [5.74, 6) is 0.119. The maximum Gasteiger partial charge on any atom is 0.229 e. The number of anilines is 1. The van der Waals surface area contributed by atoms with Gasteiger partial charge in [0.15, 0.2) is 10.9 Å². The Morgan fingerprint density at radius 1 is 1.20 bits per heavy atom. The molecule has 0 radical (unpaired) electrons. The minimum Gasteiger partial charge on any atom is -0.356 e. The molecule has 1 aromatic rings. The Labute approximate surface area is 151 Å². The molecule has 0 bridgehead atoms. The zero-order chi connectivity index (χ0) is 18.0. The molecule has 0 aliphatic heterocycles. The third-order valence-corrected chi connectivity index (χ3v) is 5.97. The largest absolute Gasteiger partial charge is 0.356 e. The van der Waals surface area contributed by atoms with Gasteiger partial charge in [-0.1, -0.05) is 31.6 Å². The van der Waals surface area contributed by atoms with Crippen LogP contribution >= 0.6 is 11.3 Å². The van der Waals surface area contributed by atoms with Crippen molar-refractivity contribution < 1.29 is 14.4 Å². The molecule has 3 rings (SSSR count). The Morgan fingerprint density at radius 2 is 1.96 bits per heavy atom. The van der Waals surface area contributed by atoms with Gasteiger partial charge in [0.1, 0.15) is 0 Å². The molecule has 1 atom stereocenters. The van der Waals surface area contributed by atoms with Crippen LogP contribution in [-0.2, 0) is 16.0 Å². The number of nitrogens with zero attached hydrogens (tertiary/aromatic N) is 1. The van der Waals surface area contributed by atoms with Crippen LogP contribution in [0, 0.1) is 17.8 Å². The van der Waals surface area contributed by atoms with E-state index in [0.29, 0.717) is 34.6 Å². The standard InChI is InChI=1S/C18H25N3O3S/c1-10(2)6-7-19-16(23)12-8-13-15(14(22)9-12)25-18(20-13)21-17(24)11-4-3-5-11/h10-12H,3-9H2,1-2H3,(H,19,23)(H,20,21,24). The first-order valence-corrected chi connectivity index (χ1v) is 9.87. The highest BCUT2D eigenvalue weighted by molar-refractivity contribution is 7.17. The normalized spacial score (nSPS) is 20.1. The van der Waals surface area contributed by atoms with E-state index in [-0.39, 0.29) is 35.9 Å². The lowest BCUT2D eigenvalue weighted by Crippen LogP contribution is -2.36. The number of aromatic nitrogens is 1. The Balaban J connectivity index is 1.61. The van der Waals surface area contributed by atoms with Gasteiger partial charge in [-0.05, 0) is 25.2 Å². The van der Waals surface area contributed by atoms with Crippen molar-refractivity contribution in [2.24, 2.45) is 17.8 Å². The van der Waals surface area contributed by atoms with Crippen LogP contribution in [0.3, 0.4) is 0 Å². The predicted molar refractivity (Wildman–Crippen MR) is 96.7 cm³/mol. The van der Waals surface area contributed by atoms with Crippen LogP contribution in [0.4, 0.5) is 5.13 Å². The molecule has 0 saturated heterocycles. The average Bonchev–Trinajstić information content (AvgIpc) is 2.87. The monoisotopic (exact) mass is 363 g/mol. The zero-order valence-corrected chi connectivity index (χ0v) is 15.6. The van der Waals surface area contributed by atoms with E-state index in [1.165, 1.54) is 11.3 Å². The van der Waals surface area contributed by atoms with E-state index in [1.54, 1.807) is 0 Å². The summed E-state index contributed by atoms with van der Waals surface area (Å²) in [5.41, 5.74) is 0.647. The number of rotatable bonds is 6. The molecule has 0 aromatic carbocycles. The average molecular weight is 363 g/mol. The van der Waals surface area contributed by atoms with Gasteiger partial charge >= 0.3 is 0 Å². The summed E-state index contributed by atoms with van der Waals surface area (Å²) >= 11 is 1.23. The fourth-order valence-corrected chi connectivity index (χ4v) is 4.02. The summed E-state index contributed by atoms with van der Waals surface area (Å²) in [5, 5.41) is 6.23. The number of carbonyl (C=O) groups excluding carboxylic acids is 3. The van der Waals surface area contributed by atoms with Crippen LogP contribution in [0.5, 0.6) is 0 Å². The molecule has 2 amide bonds. The SMILES string of the molecule is CC(C)CCNC(=O)C1CC(=O)c2sc(NC(=O)C3CCC3)nc2C1. The van der Waals surface area contributed by atoms with Crippen LogP contribution in [0.1, 0.15) is 61.3 Å². The molecule has 2 aliphatic carbocycles. The van der Waals surface area contributed by atoms with Crippen molar-refractivity contribution in [2.75, 3.05) is 11.9 Å². The molecule has 1 fully saturated rings. The van der Waals surface area contributed by atoms with Crippen molar-refractivity contribution in [1.82, 2.24) is 10.3 Å². The van der Waals surface area contributed by atoms with Gasteiger partial charge in [-0.3, -0.25) is 14.4 Å². The van der Waals surface area contributed by atoms with Crippen LogP contribution in [0.2, 0.25) is 0 Å². The summed E-state index contributed by atoms with van der Waals surface area (Å²) < 4.78 is 0. The van der Waals surface area contributed by atoms with Gasteiger partial charge in [0.25, 0.3) is 0 Å². The van der Waals surface area contributed by atoms with E-state index in [1.807, 2.05) is 0 Å². The minimum absolute atomic E-state index is 0.00669. The van der Waals surface area contributed by atoms with Gasteiger partial charge in [0, 0.05) is 25.3 Å². The third kappa shape index (κ3) is 4.26. The maximum absolute atomic E-state index is 12.4. The van der Waals surface area contributed by atoms with Gasteiger partial charge in [-0.15, -0.1) is 0 Å². The number of Topliss-reactive ketones (excluding diaryl/α,β-unsaturated/α-hetero) is 1. The van der Waals surface area contributed by atoms with Crippen LogP contribution in [0.15, 0.2) is 0 Å². The second-order valence-electron chi connectivity index (χ2n) is 7.41. The molecule has 2 aliphatic rings. The van der Waals surface area contributed by atoms with E-state index >= 15 is 0 Å². The predicted octanol–water partition coefficient (Wildman–Crippen LogP) is 2.79. The van der Waals surface area contributed by atoms with E-state index < -0.39 is 0 Å². The Bertz CT molecular complexity index is 679. The molecule has 1 aromatic heterocycles. The highest BCUT2D eigenvalue weighted by Crippen LogP contribution is 2.34. The number of hydrogen-bond donors (Lipinski definition) is 2.